The minimum Gasteiger partial charge on any atom is -0.344 e. The first kappa shape index (κ1) is 19.0. The number of aryl methyl sites for hydroxylation is 1. The molecule has 2 amide bonds. The molecule has 26 heavy (non-hydrogen) atoms. The summed E-state index contributed by atoms with van der Waals surface area (Å²) in [7, 11) is 3.24. The maximum atomic E-state index is 12.1. The average molecular weight is 350 g/mol. The second kappa shape index (κ2) is 7.70. The molecule has 0 saturated heterocycles. The molecule has 6 heteroatoms. The van der Waals surface area contributed by atoms with E-state index in [4.69, 9.17) is 0 Å². The Morgan fingerprint density at radius 2 is 1.81 bits per heavy atom. The zero-order chi connectivity index (χ0) is 19.4. The van der Waals surface area contributed by atoms with E-state index in [1.54, 1.807) is 20.2 Å². The molecule has 0 spiro atoms. The Morgan fingerprint density at radius 3 is 2.31 bits per heavy atom. The van der Waals surface area contributed by atoms with Gasteiger partial charge < -0.3 is 14.8 Å². The standard InChI is InChI=1S/C20H22N4O2/c1-13-10-16(11-17(12-21)20(26)23(4)5)14(2)24(13)19-8-6-18(7-9-19)22-15(3)25/h6-11H,1-5H3,(H,22,25)/b17-11-. The lowest BCUT2D eigenvalue weighted by molar-refractivity contribution is -0.124. The van der Waals surface area contributed by atoms with Crippen LogP contribution in [0.1, 0.15) is 23.9 Å². The van der Waals surface area contributed by atoms with Crippen molar-refractivity contribution < 1.29 is 9.59 Å². The van der Waals surface area contributed by atoms with Crippen LogP contribution in [0.4, 0.5) is 5.69 Å². The van der Waals surface area contributed by atoms with Crippen LogP contribution in [0.3, 0.4) is 0 Å². The smallest absolute Gasteiger partial charge is 0.264 e. The van der Waals surface area contributed by atoms with Crippen molar-refractivity contribution in [3.05, 3.63) is 52.9 Å². The van der Waals surface area contributed by atoms with E-state index < -0.39 is 0 Å². The van der Waals surface area contributed by atoms with Crippen molar-refractivity contribution in [3.8, 4) is 11.8 Å². The third-order valence-electron chi connectivity index (χ3n) is 3.97. The second-order valence-corrected chi connectivity index (χ2v) is 6.26. The van der Waals surface area contributed by atoms with Crippen LogP contribution in [0.2, 0.25) is 0 Å². The van der Waals surface area contributed by atoms with Crippen molar-refractivity contribution in [2.24, 2.45) is 0 Å². The van der Waals surface area contributed by atoms with Gasteiger partial charge in [-0.2, -0.15) is 5.26 Å². The van der Waals surface area contributed by atoms with Gasteiger partial charge in [0.15, 0.2) is 0 Å². The van der Waals surface area contributed by atoms with Crippen LogP contribution in [0.5, 0.6) is 0 Å². The van der Waals surface area contributed by atoms with Gasteiger partial charge in [-0.3, -0.25) is 9.59 Å². The molecule has 1 heterocycles. The lowest BCUT2D eigenvalue weighted by Gasteiger charge is -2.11. The van der Waals surface area contributed by atoms with Crippen molar-refractivity contribution in [2.75, 3.05) is 19.4 Å². The van der Waals surface area contributed by atoms with E-state index in [0.717, 1.165) is 28.3 Å². The Bertz CT molecular complexity index is 913. The molecular formula is C20H22N4O2. The Kier molecular flexibility index (Phi) is 5.63. The number of nitriles is 1. The lowest BCUT2D eigenvalue weighted by atomic mass is 10.1. The highest BCUT2D eigenvalue weighted by atomic mass is 16.2. The van der Waals surface area contributed by atoms with Crippen LogP contribution < -0.4 is 5.32 Å². The first-order chi connectivity index (χ1) is 12.2. The maximum absolute atomic E-state index is 12.1. The first-order valence-corrected chi connectivity index (χ1v) is 8.15. The number of hydrogen-bond acceptors (Lipinski definition) is 3. The number of benzene rings is 1. The van der Waals surface area contributed by atoms with Crippen molar-refractivity contribution in [3.63, 3.8) is 0 Å². The Hall–Kier alpha value is -3.33. The first-order valence-electron chi connectivity index (χ1n) is 8.15. The molecule has 0 bridgehead atoms. The third kappa shape index (κ3) is 4.01. The Balaban J connectivity index is 2.43. The number of hydrogen-bond donors (Lipinski definition) is 1. The predicted molar refractivity (Wildman–Crippen MR) is 102 cm³/mol. The predicted octanol–water partition coefficient (Wildman–Crippen LogP) is 3.05. The molecule has 0 atom stereocenters. The maximum Gasteiger partial charge on any atom is 0.264 e. The summed E-state index contributed by atoms with van der Waals surface area (Å²) in [6.07, 6.45) is 1.62. The molecule has 0 aliphatic rings. The molecule has 0 aliphatic carbocycles. The van der Waals surface area contributed by atoms with Crippen molar-refractivity contribution in [1.82, 2.24) is 9.47 Å². The summed E-state index contributed by atoms with van der Waals surface area (Å²) in [6, 6.07) is 11.4. The van der Waals surface area contributed by atoms with Gasteiger partial charge in [-0.1, -0.05) is 0 Å². The minimum absolute atomic E-state index is 0.0938. The summed E-state index contributed by atoms with van der Waals surface area (Å²) in [6.45, 7) is 5.37. The molecule has 0 saturated carbocycles. The quantitative estimate of drug-likeness (QED) is 0.680. The molecule has 2 rings (SSSR count). The number of carbonyl (C=O) groups excluding carboxylic acids is 2. The zero-order valence-electron chi connectivity index (χ0n) is 15.6. The molecule has 1 aromatic heterocycles. The largest absolute Gasteiger partial charge is 0.344 e. The number of aromatic nitrogens is 1. The van der Waals surface area contributed by atoms with Gasteiger partial charge in [-0.25, -0.2) is 0 Å². The van der Waals surface area contributed by atoms with Gasteiger partial charge in [-0.15, -0.1) is 0 Å². The molecule has 134 valence electrons. The van der Waals surface area contributed by atoms with E-state index in [1.807, 2.05) is 54.8 Å². The minimum atomic E-state index is -0.322. The molecule has 2 aromatic rings. The topological polar surface area (TPSA) is 78.1 Å². The van der Waals surface area contributed by atoms with Gasteiger partial charge in [0.1, 0.15) is 11.6 Å². The number of nitrogens with zero attached hydrogens (tertiary/aromatic N) is 3. The highest BCUT2D eigenvalue weighted by Crippen LogP contribution is 2.24. The van der Waals surface area contributed by atoms with Gasteiger partial charge >= 0.3 is 0 Å². The van der Waals surface area contributed by atoms with Gasteiger partial charge in [0.05, 0.1) is 0 Å². The van der Waals surface area contributed by atoms with Crippen LogP contribution in [0, 0.1) is 25.2 Å². The fraction of sp³-hybridized carbons (Fsp3) is 0.250. The molecule has 6 nitrogen and oxygen atoms in total. The van der Waals surface area contributed by atoms with E-state index >= 15 is 0 Å². The number of amides is 2. The van der Waals surface area contributed by atoms with E-state index in [0.29, 0.717) is 0 Å². The van der Waals surface area contributed by atoms with E-state index in [1.165, 1.54) is 11.8 Å². The monoisotopic (exact) mass is 350 g/mol. The molecule has 0 aliphatic heterocycles. The number of rotatable bonds is 4. The Labute approximate surface area is 153 Å². The highest BCUT2D eigenvalue weighted by molar-refractivity contribution is 6.01. The van der Waals surface area contributed by atoms with E-state index in [2.05, 4.69) is 5.32 Å². The van der Waals surface area contributed by atoms with Crippen LogP contribution in [0.15, 0.2) is 35.9 Å². The summed E-state index contributed by atoms with van der Waals surface area (Å²) in [5, 5.41) is 12.0. The SMILES string of the molecule is CC(=O)Nc1ccc(-n2c(C)cc(/C=C(/C#N)C(=O)N(C)C)c2C)cc1. The highest BCUT2D eigenvalue weighted by Gasteiger charge is 2.15. The Morgan fingerprint density at radius 1 is 1.19 bits per heavy atom. The van der Waals surface area contributed by atoms with Gasteiger partial charge in [-0.05, 0) is 55.8 Å². The summed E-state index contributed by atoms with van der Waals surface area (Å²) >= 11 is 0. The van der Waals surface area contributed by atoms with Crippen LogP contribution in [0.25, 0.3) is 11.8 Å². The molecular weight excluding hydrogens is 328 g/mol. The molecule has 0 radical (unpaired) electrons. The fourth-order valence-electron chi connectivity index (χ4n) is 2.77. The molecule has 0 fully saturated rings. The number of likely N-dealkylation sites (N-methyl/N-ethyl adjacent to an activating group) is 1. The van der Waals surface area contributed by atoms with Crippen LogP contribution in [-0.4, -0.2) is 35.4 Å². The second-order valence-electron chi connectivity index (χ2n) is 6.26. The molecule has 0 unspecified atom stereocenters. The summed E-state index contributed by atoms with van der Waals surface area (Å²) in [5.41, 5.74) is 4.49. The molecule has 1 N–H and O–H groups in total. The average Bonchev–Trinajstić information content (AvgIpc) is 2.86. The van der Waals surface area contributed by atoms with Gasteiger partial charge in [0, 0.05) is 43.8 Å². The number of carbonyl (C=O) groups is 2. The fourth-order valence-corrected chi connectivity index (χ4v) is 2.77. The number of anilines is 1. The van der Waals surface area contributed by atoms with Crippen molar-refractivity contribution in [2.45, 2.75) is 20.8 Å². The third-order valence-corrected chi connectivity index (χ3v) is 3.97. The number of nitrogens with one attached hydrogen (secondary N) is 1. The van der Waals surface area contributed by atoms with Crippen molar-refractivity contribution >= 4 is 23.6 Å². The molecule has 1 aromatic carbocycles. The normalized spacial score (nSPS) is 11.0. The zero-order valence-corrected chi connectivity index (χ0v) is 15.6. The summed E-state index contributed by atoms with van der Waals surface area (Å²) in [5.74, 6) is -0.440. The van der Waals surface area contributed by atoms with Gasteiger partial charge in [0.2, 0.25) is 5.91 Å². The lowest BCUT2D eigenvalue weighted by Crippen LogP contribution is -2.22. The summed E-state index contributed by atoms with van der Waals surface area (Å²) < 4.78 is 2.04. The van der Waals surface area contributed by atoms with Gasteiger partial charge in [0.25, 0.3) is 5.91 Å². The van der Waals surface area contributed by atoms with E-state index in [9.17, 15) is 14.9 Å². The summed E-state index contributed by atoms with van der Waals surface area (Å²) in [4.78, 5) is 24.6. The van der Waals surface area contributed by atoms with Crippen molar-refractivity contribution in [1.29, 1.82) is 5.26 Å². The van der Waals surface area contributed by atoms with Crippen LogP contribution in [-0.2, 0) is 9.59 Å². The van der Waals surface area contributed by atoms with E-state index in [-0.39, 0.29) is 17.4 Å². The van der Waals surface area contributed by atoms with Crippen LogP contribution >= 0.6 is 0 Å².